The molecule has 206 valence electrons. The molecule has 0 saturated heterocycles. The molecule has 3 aromatic carbocycles. The topological polar surface area (TPSA) is 71.1 Å². The van der Waals surface area contributed by atoms with E-state index in [1.54, 1.807) is 0 Å². The van der Waals surface area contributed by atoms with E-state index in [0.29, 0.717) is 6.08 Å². The van der Waals surface area contributed by atoms with Crippen LogP contribution in [-0.2, 0) is 9.47 Å². The molecule has 13 heteroatoms. The van der Waals surface area contributed by atoms with Crippen molar-refractivity contribution >= 4 is 46.8 Å². The Balaban J connectivity index is 2.51. The summed E-state index contributed by atoms with van der Waals surface area (Å²) in [6, 6.07) is 4.68. The smallest absolute Gasteiger partial charge is 0.341 e. The zero-order valence-electron chi connectivity index (χ0n) is 20.5. The number of ether oxygens (including phenoxy) is 4. The van der Waals surface area contributed by atoms with E-state index in [1.165, 1.54) is 26.4 Å². The van der Waals surface area contributed by atoms with Gasteiger partial charge in [0.2, 0.25) is 5.82 Å². The predicted molar refractivity (Wildman–Crippen MR) is 132 cm³/mol. The Morgan fingerprint density at radius 1 is 0.641 bits per heavy atom. The Bertz CT molecular complexity index is 1420. The van der Waals surface area contributed by atoms with Crippen LogP contribution in [0.2, 0.25) is 10.0 Å². The van der Waals surface area contributed by atoms with Crippen molar-refractivity contribution in [3.63, 3.8) is 0 Å². The zero-order chi connectivity index (χ0) is 29.2. The third kappa shape index (κ3) is 5.50. The number of methoxy groups -OCH3 is 4. The minimum absolute atomic E-state index is 0.0813. The molecule has 0 aliphatic heterocycles. The molecule has 0 spiro atoms. The molecule has 0 unspecified atom stereocenters. The number of hydrogen-bond acceptors (Lipinski definition) is 6. The molecule has 0 radical (unpaired) electrons. The van der Waals surface area contributed by atoms with Crippen LogP contribution in [0.25, 0.3) is 11.6 Å². The lowest BCUT2D eigenvalue weighted by atomic mass is 9.92. The normalized spacial score (nSPS) is 10.6. The van der Waals surface area contributed by atoms with E-state index >= 15 is 0 Å². The average Bonchev–Trinajstić information content (AvgIpc) is 2.93. The van der Waals surface area contributed by atoms with Crippen LogP contribution in [0, 0.1) is 29.1 Å². The van der Waals surface area contributed by atoms with Gasteiger partial charge in [0, 0.05) is 0 Å². The average molecular weight is 591 g/mol. The standard InChI is InChI=1S/C26H17Cl2F5O6/c1-36-23-14(25(34)38-3)5-10(7-16(23)27)12(9-13-18(29)20(31)22(33)21(32)19(13)30)11-6-15(26(35)39-4)24(37-2)17(28)8-11/h5-9H,1-4H3. The highest BCUT2D eigenvalue weighted by atomic mass is 35.5. The first-order valence-corrected chi connectivity index (χ1v) is 11.3. The fraction of sp³-hybridized carbons (Fsp3) is 0.154. The molecule has 0 saturated carbocycles. The van der Waals surface area contributed by atoms with E-state index in [1.807, 2.05) is 0 Å². The largest absolute Gasteiger partial charge is 0.494 e. The number of hydrogen-bond donors (Lipinski definition) is 0. The van der Waals surface area contributed by atoms with Gasteiger partial charge in [0.15, 0.2) is 34.8 Å². The van der Waals surface area contributed by atoms with Gasteiger partial charge in [-0.2, -0.15) is 0 Å². The Hall–Kier alpha value is -3.83. The molecular weight excluding hydrogens is 574 g/mol. The lowest BCUT2D eigenvalue weighted by molar-refractivity contribution is 0.0588. The highest BCUT2D eigenvalue weighted by Gasteiger charge is 2.27. The summed E-state index contributed by atoms with van der Waals surface area (Å²) < 4.78 is 90.9. The van der Waals surface area contributed by atoms with E-state index in [-0.39, 0.29) is 49.4 Å². The van der Waals surface area contributed by atoms with Crippen LogP contribution in [0.15, 0.2) is 24.3 Å². The molecule has 3 aromatic rings. The van der Waals surface area contributed by atoms with Crippen molar-refractivity contribution in [1.29, 1.82) is 0 Å². The van der Waals surface area contributed by atoms with E-state index in [9.17, 15) is 31.5 Å². The number of esters is 2. The van der Waals surface area contributed by atoms with Crippen molar-refractivity contribution < 1.29 is 50.5 Å². The van der Waals surface area contributed by atoms with Crippen molar-refractivity contribution in [2.24, 2.45) is 0 Å². The zero-order valence-corrected chi connectivity index (χ0v) is 22.0. The third-order valence-corrected chi connectivity index (χ3v) is 6.02. The first-order valence-electron chi connectivity index (χ1n) is 10.6. The number of benzene rings is 3. The van der Waals surface area contributed by atoms with Gasteiger partial charge in [-0.3, -0.25) is 0 Å². The third-order valence-electron chi connectivity index (χ3n) is 5.46. The SMILES string of the molecule is COC(=O)c1cc(C(=Cc2c(F)c(F)c(F)c(F)c2F)c2cc(Cl)c(OC)c(C(=O)OC)c2)cc(Cl)c1OC. The Labute approximate surface area is 228 Å². The lowest BCUT2D eigenvalue weighted by Gasteiger charge is -2.17. The van der Waals surface area contributed by atoms with Crippen molar-refractivity contribution in [3.05, 3.63) is 91.2 Å². The van der Waals surface area contributed by atoms with Crippen LogP contribution in [0.1, 0.15) is 37.4 Å². The summed E-state index contributed by atoms with van der Waals surface area (Å²) in [5.41, 5.74) is -2.23. The van der Waals surface area contributed by atoms with Crippen LogP contribution >= 0.6 is 23.2 Å². The van der Waals surface area contributed by atoms with Crippen LogP contribution in [-0.4, -0.2) is 40.4 Å². The molecule has 0 heterocycles. The molecule has 0 amide bonds. The maximum absolute atomic E-state index is 14.7. The van der Waals surface area contributed by atoms with E-state index in [2.05, 4.69) is 0 Å². The number of halogens is 7. The second-order valence-corrected chi connectivity index (χ2v) is 8.42. The molecule has 0 atom stereocenters. The monoisotopic (exact) mass is 590 g/mol. The molecule has 0 fully saturated rings. The highest BCUT2D eigenvalue weighted by Crippen LogP contribution is 2.40. The molecule has 0 N–H and O–H groups in total. The van der Waals surface area contributed by atoms with Gasteiger partial charge in [-0.15, -0.1) is 0 Å². The van der Waals surface area contributed by atoms with Crippen LogP contribution < -0.4 is 9.47 Å². The Morgan fingerprint density at radius 2 is 1.00 bits per heavy atom. The van der Waals surface area contributed by atoms with Gasteiger partial charge in [-0.05, 0) is 47.0 Å². The van der Waals surface area contributed by atoms with Gasteiger partial charge in [-0.25, -0.2) is 31.5 Å². The highest BCUT2D eigenvalue weighted by molar-refractivity contribution is 6.33. The summed E-state index contributed by atoms with van der Waals surface area (Å²) >= 11 is 12.6. The number of carbonyl (C=O) groups is 2. The number of rotatable bonds is 7. The van der Waals surface area contributed by atoms with E-state index < -0.39 is 46.6 Å². The van der Waals surface area contributed by atoms with Crippen molar-refractivity contribution in [3.8, 4) is 11.5 Å². The molecule has 6 nitrogen and oxygen atoms in total. The molecule has 0 bridgehead atoms. The van der Waals surface area contributed by atoms with Crippen molar-refractivity contribution in [1.82, 2.24) is 0 Å². The molecule has 0 aliphatic carbocycles. The summed E-state index contributed by atoms with van der Waals surface area (Å²) in [6.45, 7) is 0. The minimum Gasteiger partial charge on any atom is -0.494 e. The quantitative estimate of drug-likeness (QED) is 0.0983. The van der Waals surface area contributed by atoms with Gasteiger partial charge in [0.1, 0.15) is 11.1 Å². The summed E-state index contributed by atoms with van der Waals surface area (Å²) in [6.07, 6.45) is 0.620. The van der Waals surface area contributed by atoms with Crippen LogP contribution in [0.3, 0.4) is 0 Å². The second kappa shape index (κ2) is 11.9. The molecule has 0 aromatic heterocycles. The predicted octanol–water partition coefficient (Wildman–Crippen LogP) is 6.87. The Kier molecular flexibility index (Phi) is 9.08. The van der Waals surface area contributed by atoms with Crippen molar-refractivity contribution in [2.75, 3.05) is 28.4 Å². The lowest BCUT2D eigenvalue weighted by Crippen LogP contribution is -2.08. The maximum atomic E-state index is 14.7. The summed E-state index contributed by atoms with van der Waals surface area (Å²) in [5, 5.41) is -0.349. The van der Waals surface area contributed by atoms with Gasteiger partial charge in [0.25, 0.3) is 0 Å². The van der Waals surface area contributed by atoms with Crippen molar-refractivity contribution in [2.45, 2.75) is 0 Å². The molecule has 39 heavy (non-hydrogen) atoms. The summed E-state index contributed by atoms with van der Waals surface area (Å²) in [7, 11) is 4.56. The fourth-order valence-electron chi connectivity index (χ4n) is 3.66. The van der Waals surface area contributed by atoms with Gasteiger partial charge >= 0.3 is 11.9 Å². The van der Waals surface area contributed by atoms with E-state index in [0.717, 1.165) is 26.4 Å². The Morgan fingerprint density at radius 3 is 1.33 bits per heavy atom. The maximum Gasteiger partial charge on any atom is 0.341 e. The minimum atomic E-state index is -2.36. The van der Waals surface area contributed by atoms with Crippen LogP contribution in [0.5, 0.6) is 11.5 Å². The fourth-order valence-corrected chi connectivity index (χ4v) is 4.26. The van der Waals surface area contributed by atoms with Gasteiger partial charge in [-0.1, -0.05) is 23.2 Å². The van der Waals surface area contributed by atoms with E-state index in [4.69, 9.17) is 42.1 Å². The van der Waals surface area contributed by atoms with Gasteiger partial charge < -0.3 is 18.9 Å². The molecule has 0 aliphatic rings. The van der Waals surface area contributed by atoms with Gasteiger partial charge in [0.05, 0.1) is 44.0 Å². The summed E-state index contributed by atoms with van der Waals surface area (Å²) in [5.74, 6) is -13.1. The molecule has 3 rings (SSSR count). The van der Waals surface area contributed by atoms with Crippen LogP contribution in [0.4, 0.5) is 22.0 Å². The first kappa shape index (κ1) is 29.7. The molecular formula is C26H17Cl2F5O6. The first-order chi connectivity index (χ1) is 18.4. The number of carbonyl (C=O) groups excluding carboxylic acids is 2. The summed E-state index contributed by atoms with van der Waals surface area (Å²) in [4.78, 5) is 24.9. The second-order valence-electron chi connectivity index (χ2n) is 7.60.